The van der Waals surface area contributed by atoms with Gasteiger partial charge in [0.05, 0.1) is 5.52 Å². The minimum atomic E-state index is 0.748. The number of aryl methyl sites for hydroxylation is 1. The first-order valence-electron chi connectivity index (χ1n) is 6.66. The van der Waals surface area contributed by atoms with E-state index in [9.17, 15) is 0 Å². The summed E-state index contributed by atoms with van der Waals surface area (Å²) in [7, 11) is 2.00. The largest absolute Gasteiger partial charge is 0.328 e. The van der Waals surface area contributed by atoms with E-state index in [1.165, 1.54) is 4.90 Å². The Morgan fingerprint density at radius 3 is 2.52 bits per heavy atom. The van der Waals surface area contributed by atoms with Gasteiger partial charge < -0.3 is 4.90 Å². The molecule has 21 heavy (non-hydrogen) atoms. The molecule has 0 aliphatic rings. The van der Waals surface area contributed by atoms with E-state index < -0.39 is 0 Å². The van der Waals surface area contributed by atoms with Crippen molar-refractivity contribution in [2.75, 3.05) is 18.2 Å². The highest BCUT2D eigenvalue weighted by molar-refractivity contribution is 7.98. The van der Waals surface area contributed by atoms with E-state index in [2.05, 4.69) is 45.5 Å². The molecule has 0 aliphatic carbocycles. The van der Waals surface area contributed by atoms with Crippen LogP contribution in [0.25, 0.3) is 11.0 Å². The van der Waals surface area contributed by atoms with E-state index in [0.29, 0.717) is 0 Å². The predicted molar refractivity (Wildman–Crippen MR) is 88.4 cm³/mol. The number of aromatic nitrogens is 3. The molecule has 0 unspecified atom stereocenters. The zero-order valence-electron chi connectivity index (χ0n) is 12.2. The van der Waals surface area contributed by atoms with Crippen LogP contribution in [0.2, 0.25) is 0 Å². The van der Waals surface area contributed by atoms with Crippen molar-refractivity contribution >= 4 is 34.3 Å². The van der Waals surface area contributed by atoms with E-state index in [1.54, 1.807) is 18.0 Å². The highest BCUT2D eigenvalue weighted by Crippen LogP contribution is 2.28. The molecule has 3 aromatic rings. The van der Waals surface area contributed by atoms with Gasteiger partial charge in [0.2, 0.25) is 0 Å². The number of rotatable bonds is 3. The number of fused-ring (bicyclic) bond motifs is 1. The Kier molecular flexibility index (Phi) is 3.75. The van der Waals surface area contributed by atoms with Crippen molar-refractivity contribution in [3.05, 3.63) is 48.4 Å². The molecule has 0 N–H and O–H groups in total. The summed E-state index contributed by atoms with van der Waals surface area (Å²) < 4.78 is 0. The summed E-state index contributed by atoms with van der Waals surface area (Å²) in [4.78, 5) is 16.7. The summed E-state index contributed by atoms with van der Waals surface area (Å²) in [5, 5.41) is 0. The van der Waals surface area contributed by atoms with Crippen LogP contribution in [-0.4, -0.2) is 28.3 Å². The normalized spacial score (nSPS) is 10.8. The molecule has 5 heteroatoms. The van der Waals surface area contributed by atoms with Crippen molar-refractivity contribution in [3.8, 4) is 0 Å². The Morgan fingerprint density at radius 2 is 1.81 bits per heavy atom. The predicted octanol–water partition coefficient (Wildman–Crippen LogP) is 3.82. The number of anilines is 2. The van der Waals surface area contributed by atoms with Crippen LogP contribution in [0.4, 0.5) is 11.5 Å². The standard InChI is InChI=1S/C16H16N4S/c1-11-18-14-5-4-10-17-15(14)16(19-11)20(2)12-6-8-13(21-3)9-7-12/h4-10H,1-3H3. The molecular weight excluding hydrogens is 280 g/mol. The molecule has 1 aromatic carbocycles. The van der Waals surface area contributed by atoms with Gasteiger partial charge in [-0.3, -0.25) is 4.98 Å². The maximum Gasteiger partial charge on any atom is 0.163 e. The molecule has 2 aromatic heterocycles. The Hall–Kier alpha value is -2.14. The molecule has 106 valence electrons. The lowest BCUT2D eigenvalue weighted by molar-refractivity contribution is 1.03. The van der Waals surface area contributed by atoms with Crippen LogP contribution < -0.4 is 4.90 Å². The molecule has 0 radical (unpaired) electrons. The average Bonchev–Trinajstić information content (AvgIpc) is 2.53. The zero-order valence-corrected chi connectivity index (χ0v) is 13.1. The van der Waals surface area contributed by atoms with Gasteiger partial charge in [-0.2, -0.15) is 0 Å². The van der Waals surface area contributed by atoms with Crippen LogP contribution in [0.1, 0.15) is 5.82 Å². The van der Waals surface area contributed by atoms with Crippen molar-refractivity contribution in [1.82, 2.24) is 15.0 Å². The van der Waals surface area contributed by atoms with Gasteiger partial charge in [-0.1, -0.05) is 0 Å². The van der Waals surface area contributed by atoms with E-state index in [4.69, 9.17) is 0 Å². The first kappa shape index (κ1) is 13.8. The molecule has 0 bridgehead atoms. The Labute approximate surface area is 128 Å². The molecule has 0 atom stereocenters. The van der Waals surface area contributed by atoms with Gasteiger partial charge in [0.15, 0.2) is 5.82 Å². The third-order valence-electron chi connectivity index (χ3n) is 3.33. The SMILES string of the molecule is CSc1ccc(N(C)c2nc(C)nc3cccnc23)cc1. The summed E-state index contributed by atoms with van der Waals surface area (Å²) in [6, 6.07) is 12.3. The fourth-order valence-corrected chi connectivity index (χ4v) is 2.64. The number of hydrogen-bond donors (Lipinski definition) is 0. The minimum Gasteiger partial charge on any atom is -0.328 e. The van der Waals surface area contributed by atoms with Gasteiger partial charge in [0.25, 0.3) is 0 Å². The second-order valence-electron chi connectivity index (χ2n) is 4.72. The first-order chi connectivity index (χ1) is 10.2. The van der Waals surface area contributed by atoms with Crippen LogP contribution >= 0.6 is 11.8 Å². The van der Waals surface area contributed by atoms with Gasteiger partial charge in [0, 0.05) is 23.8 Å². The maximum absolute atomic E-state index is 4.57. The summed E-state index contributed by atoms with van der Waals surface area (Å²) in [5.41, 5.74) is 2.77. The Balaban J connectivity index is 2.09. The zero-order chi connectivity index (χ0) is 14.8. The molecule has 0 saturated carbocycles. The minimum absolute atomic E-state index is 0.748. The van der Waals surface area contributed by atoms with Gasteiger partial charge in [-0.05, 0) is 49.6 Å². The first-order valence-corrected chi connectivity index (χ1v) is 7.88. The summed E-state index contributed by atoms with van der Waals surface area (Å²) >= 11 is 1.73. The lowest BCUT2D eigenvalue weighted by atomic mass is 10.2. The van der Waals surface area contributed by atoms with Gasteiger partial charge in [-0.15, -0.1) is 11.8 Å². The van der Waals surface area contributed by atoms with Crippen LogP contribution in [-0.2, 0) is 0 Å². The maximum atomic E-state index is 4.57. The van der Waals surface area contributed by atoms with Crippen molar-refractivity contribution in [2.24, 2.45) is 0 Å². The molecule has 0 spiro atoms. The second kappa shape index (κ2) is 5.69. The Morgan fingerprint density at radius 1 is 1.05 bits per heavy atom. The molecule has 0 saturated heterocycles. The second-order valence-corrected chi connectivity index (χ2v) is 5.60. The molecule has 0 aliphatic heterocycles. The van der Waals surface area contributed by atoms with Gasteiger partial charge >= 0.3 is 0 Å². The monoisotopic (exact) mass is 296 g/mol. The summed E-state index contributed by atoms with van der Waals surface area (Å²) in [6.07, 6.45) is 3.85. The third kappa shape index (κ3) is 2.69. The number of pyridine rings is 1. The van der Waals surface area contributed by atoms with Crippen LogP contribution in [0.3, 0.4) is 0 Å². The fraction of sp³-hybridized carbons (Fsp3) is 0.188. The number of thioether (sulfide) groups is 1. The summed E-state index contributed by atoms with van der Waals surface area (Å²) in [5.74, 6) is 1.58. The van der Waals surface area contributed by atoms with Crippen LogP contribution in [0, 0.1) is 6.92 Å². The van der Waals surface area contributed by atoms with Crippen molar-refractivity contribution in [3.63, 3.8) is 0 Å². The fourth-order valence-electron chi connectivity index (χ4n) is 2.23. The highest BCUT2D eigenvalue weighted by Gasteiger charge is 2.12. The van der Waals surface area contributed by atoms with E-state index in [1.807, 2.05) is 31.0 Å². The van der Waals surface area contributed by atoms with E-state index in [-0.39, 0.29) is 0 Å². The van der Waals surface area contributed by atoms with Gasteiger partial charge in [-0.25, -0.2) is 9.97 Å². The number of nitrogens with zero attached hydrogens (tertiary/aromatic N) is 4. The number of benzene rings is 1. The summed E-state index contributed by atoms with van der Waals surface area (Å²) in [6.45, 7) is 1.90. The molecule has 3 rings (SSSR count). The topological polar surface area (TPSA) is 41.9 Å². The quantitative estimate of drug-likeness (QED) is 0.687. The molecule has 4 nitrogen and oxygen atoms in total. The molecule has 0 fully saturated rings. The van der Waals surface area contributed by atoms with Crippen LogP contribution in [0.5, 0.6) is 0 Å². The molecule has 2 heterocycles. The van der Waals surface area contributed by atoms with E-state index in [0.717, 1.165) is 28.4 Å². The van der Waals surface area contributed by atoms with Crippen molar-refractivity contribution in [2.45, 2.75) is 11.8 Å². The smallest absolute Gasteiger partial charge is 0.163 e. The van der Waals surface area contributed by atoms with Crippen molar-refractivity contribution in [1.29, 1.82) is 0 Å². The molecular formula is C16H16N4S. The lowest BCUT2D eigenvalue weighted by Crippen LogP contribution is -2.13. The van der Waals surface area contributed by atoms with Crippen LogP contribution in [0.15, 0.2) is 47.5 Å². The number of hydrogen-bond acceptors (Lipinski definition) is 5. The lowest BCUT2D eigenvalue weighted by Gasteiger charge is -2.20. The highest BCUT2D eigenvalue weighted by atomic mass is 32.2. The third-order valence-corrected chi connectivity index (χ3v) is 4.07. The van der Waals surface area contributed by atoms with Gasteiger partial charge in [0.1, 0.15) is 11.3 Å². The van der Waals surface area contributed by atoms with Crippen molar-refractivity contribution < 1.29 is 0 Å². The molecule has 0 amide bonds. The Bertz CT molecular complexity index is 771. The van der Waals surface area contributed by atoms with E-state index >= 15 is 0 Å². The average molecular weight is 296 g/mol.